The first kappa shape index (κ1) is 10.7. The molecule has 3 nitrogen and oxygen atoms in total. The van der Waals surface area contributed by atoms with Crippen LogP contribution in [-0.2, 0) is 16.1 Å². The fourth-order valence-electron chi connectivity index (χ4n) is 1.04. The van der Waals surface area contributed by atoms with Gasteiger partial charge in [-0.25, -0.2) is 4.79 Å². The van der Waals surface area contributed by atoms with Crippen LogP contribution in [0.3, 0.4) is 0 Å². The van der Waals surface area contributed by atoms with Crippen molar-refractivity contribution in [1.82, 2.24) is 4.90 Å². The highest BCUT2D eigenvalue weighted by atomic mass is 16.5. The van der Waals surface area contributed by atoms with E-state index in [0.717, 1.165) is 5.56 Å². The van der Waals surface area contributed by atoms with Crippen molar-refractivity contribution in [2.24, 2.45) is 0 Å². The van der Waals surface area contributed by atoms with Crippen molar-refractivity contribution >= 4 is 5.97 Å². The number of hydrogen-bond donors (Lipinski definition) is 0. The normalized spacial score (nSPS) is 10.2. The molecule has 0 atom stereocenters. The van der Waals surface area contributed by atoms with E-state index in [2.05, 4.69) is 0 Å². The third-order valence-corrected chi connectivity index (χ3v) is 1.69. The number of ether oxygens (including phenoxy) is 1. The number of esters is 1. The molecule has 1 radical (unpaired) electrons. The first-order valence-corrected chi connectivity index (χ1v) is 4.53. The van der Waals surface area contributed by atoms with E-state index in [9.17, 15) is 4.79 Å². The Labute approximate surface area is 84.3 Å². The SMILES string of the molecule is C[N+](C)CC(=O)OCc1ccccc1. The average Bonchev–Trinajstić information content (AvgIpc) is 2.15. The lowest BCUT2D eigenvalue weighted by Gasteiger charge is -2.03. The van der Waals surface area contributed by atoms with E-state index in [-0.39, 0.29) is 5.97 Å². The molecule has 0 bridgehead atoms. The molecule has 0 spiro atoms. The van der Waals surface area contributed by atoms with Crippen LogP contribution in [0.15, 0.2) is 30.3 Å². The Kier molecular flexibility index (Phi) is 4.13. The molecule has 0 saturated carbocycles. The summed E-state index contributed by atoms with van der Waals surface area (Å²) in [5.74, 6) is -0.196. The number of carbonyl (C=O) groups is 1. The van der Waals surface area contributed by atoms with Crippen molar-refractivity contribution in [3.05, 3.63) is 35.9 Å². The van der Waals surface area contributed by atoms with E-state index in [0.29, 0.717) is 13.2 Å². The van der Waals surface area contributed by atoms with Crippen molar-refractivity contribution in [3.63, 3.8) is 0 Å². The second-order valence-electron chi connectivity index (χ2n) is 3.38. The van der Waals surface area contributed by atoms with Crippen LogP contribution in [0.25, 0.3) is 0 Å². The Morgan fingerprint density at radius 2 is 1.93 bits per heavy atom. The molecule has 0 amide bonds. The number of rotatable bonds is 4. The van der Waals surface area contributed by atoms with Gasteiger partial charge in [0.15, 0.2) is 0 Å². The minimum atomic E-state index is -0.196. The number of carbonyl (C=O) groups excluding carboxylic acids is 1. The van der Waals surface area contributed by atoms with Crippen LogP contribution in [0.4, 0.5) is 0 Å². The van der Waals surface area contributed by atoms with Crippen molar-refractivity contribution in [3.8, 4) is 0 Å². The minimum Gasteiger partial charge on any atom is -0.457 e. The standard InChI is InChI=1S/C11H15NO2/c1-12(2)8-11(13)14-9-10-6-4-3-5-7-10/h3-7H,8-9H2,1-2H3/q+1. The van der Waals surface area contributed by atoms with Gasteiger partial charge in [0.05, 0.1) is 0 Å². The Morgan fingerprint density at radius 3 is 2.50 bits per heavy atom. The summed E-state index contributed by atoms with van der Waals surface area (Å²) in [6.45, 7) is 0.681. The molecule has 0 saturated heterocycles. The van der Waals surface area contributed by atoms with Crippen molar-refractivity contribution in [2.75, 3.05) is 20.6 Å². The van der Waals surface area contributed by atoms with Gasteiger partial charge in [-0.15, -0.1) is 0 Å². The number of hydrogen-bond acceptors (Lipinski definition) is 3. The van der Waals surface area contributed by atoms with Crippen molar-refractivity contribution in [2.45, 2.75) is 6.61 Å². The topological polar surface area (TPSA) is 32.2 Å². The Bertz CT molecular complexity index is 283. The van der Waals surface area contributed by atoms with Crippen LogP contribution in [0.2, 0.25) is 0 Å². The highest BCUT2D eigenvalue weighted by molar-refractivity contribution is 5.71. The smallest absolute Gasteiger partial charge is 0.367 e. The molecule has 3 heteroatoms. The third kappa shape index (κ3) is 4.05. The van der Waals surface area contributed by atoms with Gasteiger partial charge < -0.3 is 4.74 Å². The van der Waals surface area contributed by atoms with Crippen LogP contribution in [0.5, 0.6) is 0 Å². The number of nitrogens with zero attached hydrogens (tertiary/aromatic N) is 1. The van der Waals surface area contributed by atoms with Gasteiger partial charge in [-0.2, -0.15) is 4.90 Å². The highest BCUT2D eigenvalue weighted by Gasteiger charge is 2.10. The van der Waals surface area contributed by atoms with Crippen LogP contribution >= 0.6 is 0 Å². The Morgan fingerprint density at radius 1 is 1.29 bits per heavy atom. The fraction of sp³-hybridized carbons (Fsp3) is 0.364. The summed E-state index contributed by atoms with van der Waals surface area (Å²) < 4.78 is 5.06. The zero-order valence-electron chi connectivity index (χ0n) is 8.56. The molecule has 0 aliphatic carbocycles. The maximum absolute atomic E-state index is 11.2. The van der Waals surface area contributed by atoms with E-state index < -0.39 is 0 Å². The van der Waals surface area contributed by atoms with Gasteiger partial charge in [0.1, 0.15) is 20.7 Å². The zero-order chi connectivity index (χ0) is 10.4. The molecule has 0 aliphatic rings. The summed E-state index contributed by atoms with van der Waals surface area (Å²) in [5, 5.41) is 0. The van der Waals surface area contributed by atoms with E-state index >= 15 is 0 Å². The zero-order valence-corrected chi connectivity index (χ0v) is 8.56. The quantitative estimate of drug-likeness (QED) is 0.530. The van der Waals surface area contributed by atoms with Gasteiger partial charge in [0.25, 0.3) is 0 Å². The predicted octanol–water partition coefficient (Wildman–Crippen LogP) is 1.13. The average molecular weight is 193 g/mol. The molecule has 0 heterocycles. The van der Waals surface area contributed by atoms with Crippen LogP contribution in [-0.4, -0.2) is 26.6 Å². The Balaban J connectivity index is 2.31. The fourth-order valence-corrected chi connectivity index (χ4v) is 1.04. The van der Waals surface area contributed by atoms with Crippen LogP contribution < -0.4 is 4.90 Å². The summed E-state index contributed by atoms with van der Waals surface area (Å²) >= 11 is 0. The lowest BCUT2D eigenvalue weighted by atomic mass is 10.2. The van der Waals surface area contributed by atoms with E-state index in [1.165, 1.54) is 0 Å². The van der Waals surface area contributed by atoms with E-state index in [1.54, 1.807) is 4.90 Å². The van der Waals surface area contributed by atoms with Gasteiger partial charge in [0, 0.05) is 0 Å². The van der Waals surface area contributed by atoms with Crippen molar-refractivity contribution < 1.29 is 9.53 Å². The summed E-state index contributed by atoms with van der Waals surface area (Å²) in [6, 6.07) is 9.65. The molecule has 1 aromatic carbocycles. The summed E-state index contributed by atoms with van der Waals surface area (Å²) in [6.07, 6.45) is 0. The second-order valence-corrected chi connectivity index (χ2v) is 3.38. The van der Waals surface area contributed by atoms with Gasteiger partial charge in [0.2, 0.25) is 6.54 Å². The molecule has 1 rings (SSSR count). The first-order chi connectivity index (χ1) is 6.68. The third-order valence-electron chi connectivity index (χ3n) is 1.69. The van der Waals surface area contributed by atoms with Crippen LogP contribution in [0.1, 0.15) is 5.56 Å². The van der Waals surface area contributed by atoms with Gasteiger partial charge in [-0.05, 0) is 5.56 Å². The molecular formula is C11H15NO2+. The molecule has 75 valence electrons. The molecule has 0 unspecified atom stereocenters. The number of likely N-dealkylation sites (N-methyl/N-ethyl adjacent to an activating group) is 1. The Hall–Kier alpha value is -1.35. The van der Waals surface area contributed by atoms with Gasteiger partial charge in [-0.3, -0.25) is 0 Å². The molecule has 0 aromatic heterocycles. The number of benzene rings is 1. The van der Waals surface area contributed by atoms with E-state index in [1.807, 2.05) is 44.4 Å². The predicted molar refractivity (Wildman–Crippen MR) is 55.1 cm³/mol. The summed E-state index contributed by atoms with van der Waals surface area (Å²) in [7, 11) is 3.67. The molecular weight excluding hydrogens is 178 g/mol. The minimum absolute atomic E-state index is 0.196. The second kappa shape index (κ2) is 5.40. The maximum Gasteiger partial charge on any atom is 0.367 e. The summed E-state index contributed by atoms with van der Waals surface area (Å²) in [5.41, 5.74) is 1.01. The molecule has 0 aliphatic heterocycles. The molecule has 1 aromatic rings. The maximum atomic E-state index is 11.2. The first-order valence-electron chi connectivity index (χ1n) is 4.53. The van der Waals surface area contributed by atoms with E-state index in [4.69, 9.17) is 4.74 Å². The molecule has 0 fully saturated rings. The highest BCUT2D eigenvalue weighted by Crippen LogP contribution is 2.00. The van der Waals surface area contributed by atoms with Gasteiger partial charge in [-0.1, -0.05) is 30.3 Å². The summed E-state index contributed by atoms with van der Waals surface area (Å²) in [4.78, 5) is 12.9. The molecule has 0 N–H and O–H groups in total. The molecule has 14 heavy (non-hydrogen) atoms. The van der Waals surface area contributed by atoms with Crippen molar-refractivity contribution in [1.29, 1.82) is 0 Å². The largest absolute Gasteiger partial charge is 0.457 e. The van der Waals surface area contributed by atoms with Crippen LogP contribution in [0, 0.1) is 0 Å². The van der Waals surface area contributed by atoms with Gasteiger partial charge >= 0.3 is 5.97 Å². The monoisotopic (exact) mass is 193 g/mol. The lowest BCUT2D eigenvalue weighted by molar-refractivity contribution is -0.144. The lowest BCUT2D eigenvalue weighted by Crippen LogP contribution is -2.28.